The van der Waals surface area contributed by atoms with Crippen LogP contribution < -0.4 is 4.90 Å². The summed E-state index contributed by atoms with van der Waals surface area (Å²) in [7, 11) is 1.80. The van der Waals surface area contributed by atoms with Gasteiger partial charge < -0.3 is 14.7 Å². The van der Waals surface area contributed by atoms with Crippen LogP contribution >= 0.6 is 0 Å². The minimum absolute atomic E-state index is 0.0584. The van der Waals surface area contributed by atoms with Crippen molar-refractivity contribution in [1.82, 2.24) is 0 Å². The van der Waals surface area contributed by atoms with E-state index in [9.17, 15) is 5.11 Å². The summed E-state index contributed by atoms with van der Waals surface area (Å²) >= 11 is 0. The smallest absolute Gasteiger partial charge is 0.146 e. The molecule has 1 N–H and O–H groups in total. The van der Waals surface area contributed by atoms with Gasteiger partial charge in [0.05, 0.1) is 11.8 Å². The Morgan fingerprint density at radius 1 is 1.14 bits per heavy atom. The molecule has 35 heavy (non-hydrogen) atoms. The lowest BCUT2D eigenvalue weighted by atomic mass is 9.69. The van der Waals surface area contributed by atoms with Crippen LogP contribution in [0.15, 0.2) is 60.2 Å². The van der Waals surface area contributed by atoms with Gasteiger partial charge in [-0.2, -0.15) is 0 Å². The van der Waals surface area contributed by atoms with Crippen molar-refractivity contribution in [2.45, 2.75) is 64.9 Å². The molecule has 0 aromatic heterocycles. The molecule has 0 amide bonds. The van der Waals surface area contributed by atoms with Gasteiger partial charge >= 0.3 is 0 Å². The molecule has 1 heterocycles. The summed E-state index contributed by atoms with van der Waals surface area (Å²) in [6.45, 7) is 8.02. The van der Waals surface area contributed by atoms with Crippen LogP contribution in [0, 0.1) is 17.7 Å². The Morgan fingerprint density at radius 3 is 2.54 bits per heavy atom. The lowest BCUT2D eigenvalue weighted by Crippen LogP contribution is -2.38. The topological polar surface area (TPSA) is 32.7 Å². The van der Waals surface area contributed by atoms with E-state index in [0.29, 0.717) is 23.5 Å². The lowest BCUT2D eigenvalue weighted by molar-refractivity contribution is 0.0392. The molecular weight excluding hydrogens is 437 g/mol. The second-order valence-electron chi connectivity index (χ2n) is 10.0. The molecular formula is C31H40FNO2. The zero-order valence-electron chi connectivity index (χ0n) is 21.6. The number of rotatable bonds is 7. The van der Waals surface area contributed by atoms with Gasteiger partial charge in [-0.3, -0.25) is 0 Å². The van der Waals surface area contributed by atoms with Gasteiger partial charge in [0.2, 0.25) is 0 Å². The van der Waals surface area contributed by atoms with Gasteiger partial charge in [-0.05, 0) is 104 Å². The minimum atomic E-state index is -0.141. The van der Waals surface area contributed by atoms with E-state index >= 15 is 4.39 Å². The number of hydrogen-bond acceptors (Lipinski definition) is 3. The molecule has 4 rings (SSSR count). The van der Waals surface area contributed by atoms with E-state index in [4.69, 9.17) is 4.74 Å². The Hall–Kier alpha value is -2.59. The van der Waals surface area contributed by atoms with E-state index in [2.05, 4.69) is 43.0 Å². The number of nitrogens with zero attached hydrogens (tertiary/aromatic N) is 1. The summed E-state index contributed by atoms with van der Waals surface area (Å²) in [5.41, 5.74) is 5.35. The van der Waals surface area contributed by atoms with E-state index < -0.39 is 0 Å². The van der Waals surface area contributed by atoms with Crippen LogP contribution in [-0.4, -0.2) is 31.4 Å². The third-order valence-electron chi connectivity index (χ3n) is 8.15. The van der Waals surface area contributed by atoms with Crippen LogP contribution in [0.25, 0.3) is 0 Å². The molecule has 2 aromatic carbocycles. The maximum Gasteiger partial charge on any atom is 0.146 e. The number of hydrogen-bond donors (Lipinski definition) is 1. The second kappa shape index (κ2) is 11.4. The summed E-state index contributed by atoms with van der Waals surface area (Å²) in [5, 5.41) is 10.1. The number of ether oxygens (including phenoxy) is 1. The van der Waals surface area contributed by atoms with Crippen LogP contribution in [0.1, 0.15) is 69.1 Å². The van der Waals surface area contributed by atoms with Crippen LogP contribution in [0.3, 0.4) is 0 Å². The molecule has 4 heteroatoms. The van der Waals surface area contributed by atoms with Gasteiger partial charge in [0, 0.05) is 26.1 Å². The number of anilines is 1. The van der Waals surface area contributed by atoms with E-state index in [-0.39, 0.29) is 17.7 Å². The molecule has 0 radical (unpaired) electrons. The molecule has 0 saturated carbocycles. The molecule has 2 aromatic rings. The zero-order chi connectivity index (χ0) is 24.9. The number of aryl methyl sites for hydroxylation is 1. The fourth-order valence-electron chi connectivity index (χ4n) is 6.38. The molecule has 1 aliphatic heterocycles. The van der Waals surface area contributed by atoms with Gasteiger partial charge in [-0.1, -0.05) is 37.3 Å². The third kappa shape index (κ3) is 5.33. The molecule has 3 atom stereocenters. The molecule has 3 nitrogen and oxygen atoms in total. The van der Waals surface area contributed by atoms with Gasteiger partial charge in [0.25, 0.3) is 0 Å². The van der Waals surface area contributed by atoms with Crippen molar-refractivity contribution in [3.8, 4) is 5.75 Å². The molecule has 188 valence electrons. The van der Waals surface area contributed by atoms with Crippen molar-refractivity contribution in [2.24, 2.45) is 11.8 Å². The predicted octanol–water partition coefficient (Wildman–Crippen LogP) is 7.39. The minimum Gasteiger partial charge on any atom is -0.508 e. The average molecular weight is 478 g/mol. The number of fused-ring (bicyclic) bond motifs is 1. The highest BCUT2D eigenvalue weighted by Crippen LogP contribution is 2.46. The third-order valence-corrected chi connectivity index (χ3v) is 8.15. The first-order valence-corrected chi connectivity index (χ1v) is 13.2. The molecule has 1 aliphatic carbocycles. The van der Waals surface area contributed by atoms with E-state index in [0.717, 1.165) is 56.3 Å². The number of methoxy groups -OCH3 is 1. The number of allylic oxidation sites excluding steroid dienone is 4. The summed E-state index contributed by atoms with van der Waals surface area (Å²) in [6, 6.07) is 11.5. The van der Waals surface area contributed by atoms with Gasteiger partial charge in [-0.15, -0.1) is 0 Å². The Kier molecular flexibility index (Phi) is 8.33. The van der Waals surface area contributed by atoms with Crippen molar-refractivity contribution in [1.29, 1.82) is 0 Å². The predicted molar refractivity (Wildman–Crippen MR) is 143 cm³/mol. The van der Waals surface area contributed by atoms with Crippen molar-refractivity contribution >= 4 is 5.69 Å². The maximum atomic E-state index is 15.6. The first kappa shape index (κ1) is 25.5. The highest BCUT2D eigenvalue weighted by molar-refractivity contribution is 5.53. The van der Waals surface area contributed by atoms with Crippen LogP contribution in [0.2, 0.25) is 0 Å². The fraction of sp³-hybridized carbons (Fsp3) is 0.484. The highest BCUT2D eigenvalue weighted by atomic mass is 19.1. The van der Waals surface area contributed by atoms with Crippen molar-refractivity contribution in [3.63, 3.8) is 0 Å². The summed E-state index contributed by atoms with van der Waals surface area (Å²) < 4.78 is 21.3. The van der Waals surface area contributed by atoms with E-state index in [1.807, 2.05) is 25.1 Å². The van der Waals surface area contributed by atoms with Gasteiger partial charge in [-0.25, -0.2) is 4.39 Å². The standard InChI is InChI=1S/C31H40FNO2/c1-5-8-21(6-2)26-12-9-23-19-25(34)11-13-27(23)31(26)24-10-14-29(28(32)20-24)33-17-15-22(16-18-33)30(7-3)35-4/h5-6,8,10-11,13-14,19-20,22,26,30-31,34H,7,9,12,15-18H2,1-4H3/b8-5-,21-6+. The van der Waals surface area contributed by atoms with E-state index in [1.165, 1.54) is 11.1 Å². The Balaban J connectivity index is 1.63. The first-order valence-electron chi connectivity index (χ1n) is 13.2. The summed E-state index contributed by atoms with van der Waals surface area (Å²) in [4.78, 5) is 2.19. The van der Waals surface area contributed by atoms with Crippen molar-refractivity contribution < 1.29 is 14.2 Å². The first-order chi connectivity index (χ1) is 17.0. The Labute approximate surface area is 210 Å². The number of phenolic OH excluding ortho intramolecular Hbond substituents is 1. The van der Waals surface area contributed by atoms with Gasteiger partial charge in [0.1, 0.15) is 11.6 Å². The van der Waals surface area contributed by atoms with Crippen molar-refractivity contribution in [2.75, 3.05) is 25.1 Å². The average Bonchev–Trinajstić information content (AvgIpc) is 2.88. The normalized spacial score (nSPS) is 22.4. The number of piperidine rings is 1. The molecule has 0 spiro atoms. The number of phenols is 1. The second-order valence-corrected chi connectivity index (χ2v) is 10.0. The monoisotopic (exact) mass is 477 g/mol. The molecule has 3 unspecified atom stereocenters. The molecule has 0 bridgehead atoms. The fourth-order valence-corrected chi connectivity index (χ4v) is 6.38. The molecule has 1 saturated heterocycles. The van der Waals surface area contributed by atoms with Gasteiger partial charge in [0.15, 0.2) is 0 Å². The number of aromatic hydroxyl groups is 1. The Morgan fingerprint density at radius 2 is 1.91 bits per heavy atom. The Bertz CT molecular complexity index is 1060. The molecule has 2 aliphatic rings. The number of benzene rings is 2. The van der Waals surface area contributed by atoms with Crippen molar-refractivity contribution in [3.05, 3.63) is 82.7 Å². The van der Waals surface area contributed by atoms with Crippen LogP contribution in [-0.2, 0) is 11.2 Å². The number of halogens is 1. The zero-order valence-corrected chi connectivity index (χ0v) is 21.6. The largest absolute Gasteiger partial charge is 0.508 e. The van der Waals surface area contributed by atoms with E-state index in [1.54, 1.807) is 19.2 Å². The summed E-state index contributed by atoms with van der Waals surface area (Å²) in [6.07, 6.45) is 11.7. The van der Waals surface area contributed by atoms with Crippen LogP contribution in [0.4, 0.5) is 10.1 Å². The maximum absolute atomic E-state index is 15.6. The highest BCUT2D eigenvalue weighted by Gasteiger charge is 2.33. The SMILES string of the molecule is C/C=C\C(=C/C)C1CCc2cc(O)ccc2C1c1ccc(N2CCC(C(CC)OC)CC2)c(F)c1. The summed E-state index contributed by atoms with van der Waals surface area (Å²) in [5.74, 6) is 1.03. The molecule has 1 fully saturated rings. The quantitative estimate of drug-likeness (QED) is 0.422. The lowest BCUT2D eigenvalue weighted by Gasteiger charge is -2.37. The van der Waals surface area contributed by atoms with Crippen LogP contribution in [0.5, 0.6) is 5.75 Å².